The molecule has 2 heterocycles. The monoisotopic (exact) mass is 237 g/mol. The molecule has 94 valence electrons. The van der Waals surface area contributed by atoms with Crippen molar-refractivity contribution < 1.29 is 5.11 Å². The Bertz CT molecular complexity index is 364. The highest BCUT2D eigenvalue weighted by Crippen LogP contribution is 2.27. The zero-order valence-corrected chi connectivity index (χ0v) is 9.84. The first-order valence-electron chi connectivity index (χ1n) is 5.98. The summed E-state index contributed by atoms with van der Waals surface area (Å²) in [5.74, 6) is 1.42. The van der Waals surface area contributed by atoms with Crippen LogP contribution < -0.4 is 16.4 Å². The quantitative estimate of drug-likeness (QED) is 0.700. The Morgan fingerprint density at radius 1 is 1.41 bits per heavy atom. The minimum atomic E-state index is 0.216. The van der Waals surface area contributed by atoms with E-state index in [1.54, 1.807) is 6.07 Å². The molecule has 1 aromatic rings. The SMILES string of the molecule is Nc1cc(N2CCCC2CCCO)nc(N)n1. The van der Waals surface area contributed by atoms with Crippen LogP contribution in [-0.2, 0) is 0 Å². The van der Waals surface area contributed by atoms with Crippen LogP contribution >= 0.6 is 0 Å². The van der Waals surface area contributed by atoms with Crippen LogP contribution in [0.5, 0.6) is 0 Å². The van der Waals surface area contributed by atoms with Gasteiger partial charge in [-0.3, -0.25) is 0 Å². The molecule has 1 aromatic heterocycles. The standard InChI is InChI=1S/C11H19N5O/c12-9-7-10(15-11(13)14-9)16-5-1-3-8(16)4-2-6-17/h7-8,17H,1-6H2,(H4,12,13,14,15). The largest absolute Gasteiger partial charge is 0.396 e. The topological polar surface area (TPSA) is 101 Å². The predicted octanol–water partition coefficient (Wildman–Crippen LogP) is 0.382. The maximum absolute atomic E-state index is 8.89. The molecule has 0 amide bonds. The molecule has 17 heavy (non-hydrogen) atoms. The molecule has 6 heteroatoms. The van der Waals surface area contributed by atoms with Gasteiger partial charge in [-0.1, -0.05) is 0 Å². The van der Waals surface area contributed by atoms with Crippen molar-refractivity contribution in [2.24, 2.45) is 0 Å². The summed E-state index contributed by atoms with van der Waals surface area (Å²) in [6.07, 6.45) is 4.06. The summed E-state index contributed by atoms with van der Waals surface area (Å²) in [4.78, 5) is 10.3. The van der Waals surface area contributed by atoms with E-state index >= 15 is 0 Å². The van der Waals surface area contributed by atoms with Gasteiger partial charge in [0.15, 0.2) is 0 Å². The van der Waals surface area contributed by atoms with Gasteiger partial charge in [0, 0.05) is 25.3 Å². The number of anilines is 3. The fourth-order valence-corrected chi connectivity index (χ4v) is 2.38. The van der Waals surface area contributed by atoms with E-state index in [1.807, 2.05) is 0 Å². The van der Waals surface area contributed by atoms with Gasteiger partial charge in [0.2, 0.25) is 5.95 Å². The van der Waals surface area contributed by atoms with Gasteiger partial charge in [-0.2, -0.15) is 9.97 Å². The van der Waals surface area contributed by atoms with Crippen molar-refractivity contribution in [2.45, 2.75) is 31.7 Å². The van der Waals surface area contributed by atoms with Crippen molar-refractivity contribution in [1.29, 1.82) is 0 Å². The lowest BCUT2D eigenvalue weighted by Crippen LogP contribution is -2.30. The molecule has 0 saturated carbocycles. The Labute approximate surface area is 101 Å². The number of aliphatic hydroxyl groups is 1. The Balaban J connectivity index is 2.14. The van der Waals surface area contributed by atoms with Crippen LogP contribution in [0.1, 0.15) is 25.7 Å². The van der Waals surface area contributed by atoms with Crippen LogP contribution in [0, 0.1) is 0 Å². The van der Waals surface area contributed by atoms with Gasteiger partial charge >= 0.3 is 0 Å². The molecular formula is C11H19N5O. The number of nitrogens with zero attached hydrogens (tertiary/aromatic N) is 3. The lowest BCUT2D eigenvalue weighted by molar-refractivity contribution is 0.279. The van der Waals surface area contributed by atoms with E-state index in [0.29, 0.717) is 11.9 Å². The number of hydrogen-bond acceptors (Lipinski definition) is 6. The van der Waals surface area contributed by atoms with Crippen molar-refractivity contribution in [3.8, 4) is 0 Å². The van der Waals surface area contributed by atoms with Gasteiger partial charge < -0.3 is 21.5 Å². The average molecular weight is 237 g/mol. The number of nitrogens with two attached hydrogens (primary N) is 2. The molecule has 0 bridgehead atoms. The van der Waals surface area contributed by atoms with E-state index in [-0.39, 0.29) is 12.6 Å². The number of rotatable bonds is 4. The van der Waals surface area contributed by atoms with Crippen LogP contribution in [0.4, 0.5) is 17.6 Å². The minimum absolute atomic E-state index is 0.216. The molecule has 1 atom stereocenters. The van der Waals surface area contributed by atoms with Crippen LogP contribution in [0.3, 0.4) is 0 Å². The third kappa shape index (κ3) is 2.76. The summed E-state index contributed by atoms with van der Waals surface area (Å²) in [6, 6.07) is 2.18. The molecule has 0 spiro atoms. The zero-order chi connectivity index (χ0) is 12.3. The summed E-state index contributed by atoms with van der Waals surface area (Å²) < 4.78 is 0. The van der Waals surface area contributed by atoms with E-state index in [0.717, 1.165) is 38.0 Å². The highest BCUT2D eigenvalue weighted by atomic mass is 16.2. The van der Waals surface area contributed by atoms with Gasteiger partial charge in [0.1, 0.15) is 11.6 Å². The van der Waals surface area contributed by atoms with Gasteiger partial charge in [-0.25, -0.2) is 0 Å². The van der Waals surface area contributed by atoms with E-state index in [2.05, 4.69) is 14.9 Å². The lowest BCUT2D eigenvalue weighted by Gasteiger charge is -2.25. The highest BCUT2D eigenvalue weighted by molar-refractivity contribution is 5.51. The van der Waals surface area contributed by atoms with Crippen molar-refractivity contribution in [3.63, 3.8) is 0 Å². The summed E-state index contributed by atoms with van der Waals surface area (Å²) >= 11 is 0. The van der Waals surface area contributed by atoms with Crippen molar-refractivity contribution >= 4 is 17.6 Å². The molecule has 6 nitrogen and oxygen atoms in total. The molecule has 1 unspecified atom stereocenters. The molecule has 0 radical (unpaired) electrons. The first-order chi connectivity index (χ1) is 8.20. The number of aromatic nitrogens is 2. The normalized spacial score (nSPS) is 19.8. The average Bonchev–Trinajstić information content (AvgIpc) is 2.73. The Morgan fingerprint density at radius 2 is 2.24 bits per heavy atom. The zero-order valence-electron chi connectivity index (χ0n) is 9.84. The highest BCUT2D eigenvalue weighted by Gasteiger charge is 2.25. The van der Waals surface area contributed by atoms with Crippen LogP contribution in [0.2, 0.25) is 0 Å². The fourth-order valence-electron chi connectivity index (χ4n) is 2.38. The summed E-state index contributed by atoms with van der Waals surface area (Å²) in [6.45, 7) is 1.20. The summed E-state index contributed by atoms with van der Waals surface area (Å²) in [5, 5.41) is 8.89. The van der Waals surface area contributed by atoms with Gasteiger partial charge in [-0.05, 0) is 25.7 Å². The first-order valence-corrected chi connectivity index (χ1v) is 5.98. The van der Waals surface area contributed by atoms with E-state index in [1.165, 1.54) is 0 Å². The Morgan fingerprint density at radius 3 is 2.94 bits per heavy atom. The van der Waals surface area contributed by atoms with Gasteiger partial charge in [0.05, 0.1) is 0 Å². The molecular weight excluding hydrogens is 218 g/mol. The number of aliphatic hydroxyl groups excluding tert-OH is 1. The summed E-state index contributed by atoms with van der Waals surface area (Å²) in [5.41, 5.74) is 11.3. The maximum Gasteiger partial charge on any atom is 0.223 e. The van der Waals surface area contributed by atoms with Crippen LogP contribution in [0.25, 0.3) is 0 Å². The second-order valence-electron chi connectivity index (χ2n) is 4.36. The molecule has 1 aliphatic heterocycles. The Hall–Kier alpha value is -1.56. The summed E-state index contributed by atoms with van der Waals surface area (Å²) in [7, 11) is 0. The van der Waals surface area contributed by atoms with E-state index in [4.69, 9.17) is 16.6 Å². The molecule has 1 aliphatic rings. The lowest BCUT2D eigenvalue weighted by atomic mass is 10.1. The van der Waals surface area contributed by atoms with Crippen molar-refractivity contribution in [1.82, 2.24) is 9.97 Å². The Kier molecular flexibility index (Phi) is 3.63. The molecule has 5 N–H and O–H groups in total. The fraction of sp³-hybridized carbons (Fsp3) is 0.636. The second kappa shape index (κ2) is 5.18. The molecule has 2 rings (SSSR count). The maximum atomic E-state index is 8.89. The minimum Gasteiger partial charge on any atom is -0.396 e. The van der Waals surface area contributed by atoms with E-state index < -0.39 is 0 Å². The molecule has 1 saturated heterocycles. The van der Waals surface area contributed by atoms with Crippen LogP contribution in [-0.4, -0.2) is 34.3 Å². The first kappa shape index (κ1) is 11.9. The second-order valence-corrected chi connectivity index (χ2v) is 4.36. The van der Waals surface area contributed by atoms with Crippen LogP contribution in [0.15, 0.2) is 6.07 Å². The van der Waals surface area contributed by atoms with Crippen molar-refractivity contribution in [3.05, 3.63) is 6.07 Å². The van der Waals surface area contributed by atoms with Gasteiger partial charge in [-0.15, -0.1) is 0 Å². The molecule has 0 aromatic carbocycles. The van der Waals surface area contributed by atoms with Crippen molar-refractivity contribution in [2.75, 3.05) is 29.5 Å². The smallest absolute Gasteiger partial charge is 0.223 e. The predicted molar refractivity (Wildman–Crippen MR) is 67.5 cm³/mol. The number of nitrogen functional groups attached to an aromatic ring is 2. The third-order valence-electron chi connectivity index (χ3n) is 3.12. The third-order valence-corrected chi connectivity index (χ3v) is 3.12. The van der Waals surface area contributed by atoms with E-state index in [9.17, 15) is 0 Å². The van der Waals surface area contributed by atoms with Gasteiger partial charge in [0.25, 0.3) is 0 Å². The number of hydrogen-bond donors (Lipinski definition) is 3. The molecule has 1 fully saturated rings. The molecule has 0 aliphatic carbocycles.